The fourth-order valence-corrected chi connectivity index (χ4v) is 5.41. The average Bonchev–Trinajstić information content (AvgIpc) is 3.33. The number of benzene rings is 1. The average molecular weight is 387 g/mol. The summed E-state index contributed by atoms with van der Waals surface area (Å²) in [5.74, 6) is 2.08. The number of aromatic nitrogens is 1. The van der Waals surface area contributed by atoms with Gasteiger partial charge in [-0.05, 0) is 55.0 Å². The van der Waals surface area contributed by atoms with E-state index in [9.17, 15) is 5.11 Å². The van der Waals surface area contributed by atoms with Crippen LogP contribution in [0.25, 0.3) is 0 Å². The molecule has 5 nitrogen and oxygen atoms in total. The van der Waals surface area contributed by atoms with Gasteiger partial charge in [0.2, 0.25) is 6.79 Å². The molecule has 1 aliphatic carbocycles. The lowest BCUT2D eigenvalue weighted by molar-refractivity contribution is -0.0114. The zero-order valence-electron chi connectivity index (χ0n) is 15.3. The van der Waals surface area contributed by atoms with Crippen LogP contribution in [0.15, 0.2) is 30.5 Å². The van der Waals surface area contributed by atoms with Crippen molar-refractivity contribution in [2.45, 2.75) is 31.9 Å². The van der Waals surface area contributed by atoms with E-state index in [4.69, 9.17) is 21.1 Å². The van der Waals surface area contributed by atoms with Gasteiger partial charge in [0.05, 0.1) is 10.7 Å². The van der Waals surface area contributed by atoms with E-state index in [1.165, 1.54) is 0 Å². The van der Waals surface area contributed by atoms with Gasteiger partial charge in [-0.15, -0.1) is 0 Å². The van der Waals surface area contributed by atoms with Crippen LogP contribution in [-0.4, -0.2) is 34.9 Å². The maximum atomic E-state index is 11.5. The van der Waals surface area contributed by atoms with E-state index in [0.29, 0.717) is 16.7 Å². The molecule has 0 amide bonds. The molecule has 0 radical (unpaired) electrons. The first-order valence-electron chi connectivity index (χ1n) is 9.49. The highest BCUT2D eigenvalue weighted by molar-refractivity contribution is 6.32. The Morgan fingerprint density at radius 1 is 1.33 bits per heavy atom. The van der Waals surface area contributed by atoms with Gasteiger partial charge in [0.15, 0.2) is 11.5 Å². The van der Waals surface area contributed by atoms with Gasteiger partial charge in [-0.1, -0.05) is 17.7 Å². The maximum absolute atomic E-state index is 11.5. The number of hydrogen-bond donors (Lipinski definition) is 1. The molecule has 1 aromatic heterocycles. The van der Waals surface area contributed by atoms with Crippen molar-refractivity contribution in [1.29, 1.82) is 0 Å². The number of aryl methyl sites for hydroxylation is 1. The predicted molar refractivity (Wildman–Crippen MR) is 102 cm³/mol. The molecule has 1 aromatic carbocycles. The van der Waals surface area contributed by atoms with Crippen LogP contribution in [0.3, 0.4) is 0 Å². The fourth-order valence-electron chi connectivity index (χ4n) is 5.12. The summed E-state index contributed by atoms with van der Waals surface area (Å²) in [6, 6.07) is 7.93. The topological polar surface area (TPSA) is 54.8 Å². The molecule has 0 unspecified atom stereocenters. The summed E-state index contributed by atoms with van der Waals surface area (Å²) in [6.45, 7) is 4.91. The Balaban J connectivity index is 1.36. The summed E-state index contributed by atoms with van der Waals surface area (Å²) >= 11 is 6.33. The van der Waals surface area contributed by atoms with Crippen LogP contribution < -0.4 is 9.47 Å². The zero-order chi connectivity index (χ0) is 18.6. The van der Waals surface area contributed by atoms with Crippen LogP contribution in [0, 0.1) is 18.8 Å². The molecule has 1 saturated carbocycles. The third-order valence-corrected chi connectivity index (χ3v) is 6.62. The number of rotatable bonds is 3. The second-order valence-electron chi connectivity index (χ2n) is 8.00. The van der Waals surface area contributed by atoms with E-state index < -0.39 is 5.60 Å². The fraction of sp³-hybridized carbons (Fsp3) is 0.476. The Bertz CT molecular complexity index is 890. The number of ether oxygens (including phenoxy) is 2. The van der Waals surface area contributed by atoms with Gasteiger partial charge in [0.1, 0.15) is 5.60 Å². The van der Waals surface area contributed by atoms with Gasteiger partial charge in [-0.3, -0.25) is 9.88 Å². The maximum Gasteiger partial charge on any atom is 0.231 e. The largest absolute Gasteiger partial charge is 0.454 e. The Hall–Kier alpha value is -1.82. The Morgan fingerprint density at radius 3 is 3.07 bits per heavy atom. The minimum absolute atomic E-state index is 0.218. The van der Waals surface area contributed by atoms with Crippen molar-refractivity contribution in [2.75, 3.05) is 19.9 Å². The monoisotopic (exact) mass is 386 g/mol. The van der Waals surface area contributed by atoms with Crippen LogP contribution in [0.5, 0.6) is 11.5 Å². The predicted octanol–water partition coefficient (Wildman–Crippen LogP) is 3.50. The highest BCUT2D eigenvalue weighted by atomic mass is 35.5. The van der Waals surface area contributed by atoms with Crippen molar-refractivity contribution < 1.29 is 14.6 Å². The number of halogens is 1. The van der Waals surface area contributed by atoms with E-state index in [-0.39, 0.29) is 12.7 Å². The first kappa shape index (κ1) is 17.3. The summed E-state index contributed by atoms with van der Waals surface area (Å²) in [7, 11) is 0. The third-order valence-electron chi connectivity index (χ3n) is 6.34. The Labute approximate surface area is 163 Å². The first-order valence-corrected chi connectivity index (χ1v) is 9.87. The molecule has 3 heterocycles. The SMILES string of the molecule is Cc1cccnc1[C@]1(O)CC[C@@H]2CN(Cc3cc(Cl)c4c(c3)OCO4)C[C@@H]21. The van der Waals surface area contributed by atoms with E-state index in [2.05, 4.69) is 9.88 Å². The van der Waals surface area contributed by atoms with Gasteiger partial charge in [0, 0.05) is 31.7 Å². The molecule has 3 atom stereocenters. The highest BCUT2D eigenvalue weighted by Gasteiger charge is 2.53. The molecule has 6 heteroatoms. The lowest BCUT2D eigenvalue weighted by Gasteiger charge is -2.31. The Kier molecular flexibility index (Phi) is 4.08. The minimum Gasteiger partial charge on any atom is -0.454 e. The zero-order valence-corrected chi connectivity index (χ0v) is 16.1. The van der Waals surface area contributed by atoms with E-state index in [1.807, 2.05) is 31.2 Å². The smallest absolute Gasteiger partial charge is 0.231 e. The summed E-state index contributed by atoms with van der Waals surface area (Å²) < 4.78 is 10.9. The number of aliphatic hydroxyl groups is 1. The molecule has 1 saturated heterocycles. The molecule has 2 aliphatic heterocycles. The second kappa shape index (κ2) is 6.36. The number of pyridine rings is 1. The number of hydrogen-bond acceptors (Lipinski definition) is 5. The van der Waals surface area contributed by atoms with Crippen LogP contribution in [0.1, 0.15) is 29.7 Å². The molecule has 142 valence electrons. The molecule has 0 bridgehead atoms. The minimum atomic E-state index is -0.822. The van der Waals surface area contributed by atoms with Gasteiger partial charge in [-0.2, -0.15) is 0 Å². The molecule has 1 N–H and O–H groups in total. The van der Waals surface area contributed by atoms with Crippen molar-refractivity contribution in [3.63, 3.8) is 0 Å². The van der Waals surface area contributed by atoms with E-state index in [0.717, 1.165) is 55.0 Å². The number of fused-ring (bicyclic) bond motifs is 2. The highest BCUT2D eigenvalue weighted by Crippen LogP contribution is 2.51. The van der Waals surface area contributed by atoms with Crippen LogP contribution in [0.4, 0.5) is 0 Å². The summed E-state index contributed by atoms with van der Waals surface area (Å²) in [4.78, 5) is 6.94. The van der Waals surface area contributed by atoms with E-state index >= 15 is 0 Å². The molecule has 5 rings (SSSR count). The molecule has 2 fully saturated rings. The summed E-state index contributed by atoms with van der Waals surface area (Å²) in [5, 5.41) is 12.1. The summed E-state index contributed by atoms with van der Waals surface area (Å²) in [6.07, 6.45) is 3.62. The number of nitrogens with zero attached hydrogens (tertiary/aromatic N) is 2. The van der Waals surface area contributed by atoms with Gasteiger partial charge >= 0.3 is 0 Å². The molecular formula is C21H23ClN2O3. The van der Waals surface area contributed by atoms with Crippen molar-refractivity contribution in [3.05, 3.63) is 52.3 Å². The van der Waals surface area contributed by atoms with Gasteiger partial charge < -0.3 is 14.6 Å². The number of likely N-dealkylation sites (tertiary alicyclic amines) is 1. The molecule has 3 aliphatic rings. The third kappa shape index (κ3) is 2.80. The first-order chi connectivity index (χ1) is 13.0. The molecule has 0 spiro atoms. The lowest BCUT2D eigenvalue weighted by Crippen LogP contribution is -2.36. The van der Waals surface area contributed by atoms with Crippen molar-refractivity contribution in [1.82, 2.24) is 9.88 Å². The molecular weight excluding hydrogens is 364 g/mol. The van der Waals surface area contributed by atoms with Crippen LogP contribution in [0.2, 0.25) is 5.02 Å². The van der Waals surface area contributed by atoms with E-state index in [1.54, 1.807) is 6.20 Å². The summed E-state index contributed by atoms with van der Waals surface area (Å²) in [5.41, 5.74) is 2.21. The van der Waals surface area contributed by atoms with Crippen molar-refractivity contribution >= 4 is 11.6 Å². The quantitative estimate of drug-likeness (QED) is 0.874. The van der Waals surface area contributed by atoms with Crippen molar-refractivity contribution in [3.8, 4) is 11.5 Å². The molecule has 2 aromatic rings. The second-order valence-corrected chi connectivity index (χ2v) is 8.41. The van der Waals surface area contributed by atoms with Crippen molar-refractivity contribution in [2.24, 2.45) is 11.8 Å². The van der Waals surface area contributed by atoms with Gasteiger partial charge in [-0.25, -0.2) is 0 Å². The Morgan fingerprint density at radius 2 is 2.22 bits per heavy atom. The van der Waals surface area contributed by atoms with Crippen LogP contribution in [-0.2, 0) is 12.1 Å². The standard InChI is InChI=1S/C21H23ClN2O3/c1-13-3-2-6-23-20(13)21(25)5-4-15-10-24(11-16(15)21)9-14-7-17(22)19-18(8-14)26-12-27-19/h2-3,6-8,15-16,25H,4-5,9-12H2,1H3/t15-,16+,21+/m1/s1. The lowest BCUT2D eigenvalue weighted by atomic mass is 9.83. The molecule has 27 heavy (non-hydrogen) atoms. The normalized spacial score (nSPS) is 29.3. The van der Waals surface area contributed by atoms with Crippen LogP contribution >= 0.6 is 11.6 Å². The van der Waals surface area contributed by atoms with Gasteiger partial charge in [0.25, 0.3) is 0 Å².